The van der Waals surface area contributed by atoms with Gasteiger partial charge in [0.25, 0.3) is 11.4 Å². The molecule has 0 amide bonds. The van der Waals surface area contributed by atoms with Crippen LogP contribution in [-0.4, -0.2) is 19.7 Å². The predicted molar refractivity (Wildman–Crippen MR) is 147 cm³/mol. The smallest absolute Gasteiger partial charge is 0.319 e. The van der Waals surface area contributed by atoms with Crippen LogP contribution in [0.15, 0.2) is 91.2 Å². The predicted octanol–water partition coefficient (Wildman–Crippen LogP) is 5.53. The zero-order valence-corrected chi connectivity index (χ0v) is 20.6. The van der Waals surface area contributed by atoms with Gasteiger partial charge in [-0.15, -0.1) is 0 Å². The van der Waals surface area contributed by atoms with Crippen LogP contribution in [0, 0.1) is 40.5 Å². The van der Waals surface area contributed by atoms with Gasteiger partial charge < -0.3 is 8.83 Å². The molecular formula is C26H12N4O12. The Labute approximate surface area is 229 Å². The lowest BCUT2D eigenvalue weighted by atomic mass is 10.1. The molecule has 0 spiro atoms. The lowest BCUT2D eigenvalue weighted by molar-refractivity contribution is -0.393. The Morgan fingerprint density at radius 2 is 0.857 bits per heavy atom. The number of non-ortho nitro benzene ring substituents is 4. The van der Waals surface area contributed by atoms with Gasteiger partial charge in [0, 0.05) is 12.1 Å². The van der Waals surface area contributed by atoms with Crippen molar-refractivity contribution in [3.05, 3.63) is 134 Å². The Hall–Kier alpha value is -6.58. The molecular weight excluding hydrogens is 560 g/mol. The highest BCUT2D eigenvalue weighted by molar-refractivity contribution is 5.99. The molecule has 2 aromatic heterocycles. The van der Waals surface area contributed by atoms with E-state index in [1.54, 1.807) is 12.1 Å². The molecule has 6 rings (SSSR count). The number of hydrogen-bond acceptors (Lipinski definition) is 12. The van der Waals surface area contributed by atoms with Gasteiger partial charge in [0.2, 0.25) is 22.0 Å². The first-order valence-electron chi connectivity index (χ1n) is 11.5. The van der Waals surface area contributed by atoms with Gasteiger partial charge in [-0.25, -0.2) is 0 Å². The van der Waals surface area contributed by atoms with Crippen LogP contribution in [-0.2, 0) is 0 Å². The van der Waals surface area contributed by atoms with Crippen molar-refractivity contribution in [1.82, 2.24) is 0 Å². The quantitative estimate of drug-likeness (QED) is 0.144. The molecule has 0 unspecified atom stereocenters. The molecule has 0 aliphatic heterocycles. The first-order chi connectivity index (χ1) is 20.0. The van der Waals surface area contributed by atoms with Crippen molar-refractivity contribution in [3.63, 3.8) is 0 Å². The van der Waals surface area contributed by atoms with E-state index in [-0.39, 0.29) is 5.43 Å². The first kappa shape index (κ1) is 27.0. The van der Waals surface area contributed by atoms with Gasteiger partial charge in [-0.2, -0.15) is 0 Å². The average Bonchev–Trinajstić information content (AvgIpc) is 2.96. The summed E-state index contributed by atoms with van der Waals surface area (Å²) in [5.74, 6) is 0. The summed E-state index contributed by atoms with van der Waals surface area (Å²) >= 11 is 0. The third kappa shape index (κ3) is 4.60. The summed E-state index contributed by atoms with van der Waals surface area (Å²) in [6.07, 6.45) is 0. The summed E-state index contributed by atoms with van der Waals surface area (Å²) in [5, 5.41) is 44.3. The molecule has 0 aliphatic rings. The van der Waals surface area contributed by atoms with E-state index >= 15 is 0 Å². The van der Waals surface area contributed by atoms with E-state index in [0.717, 1.165) is 0 Å². The SMILES string of the molecule is O=c1c2cc([N+](=O)[O-])cc([N+](=O)[O-])c2oc2c([N+](=O)[O-])cc([N+](=O)[O-])cc12.O=c1c2ccccc2oc2ccccc12. The summed E-state index contributed by atoms with van der Waals surface area (Å²) in [6, 6.07) is 17.1. The molecule has 4 aromatic carbocycles. The number of hydrogen-bond donors (Lipinski definition) is 0. The van der Waals surface area contributed by atoms with Crippen molar-refractivity contribution in [2.24, 2.45) is 0 Å². The number of benzene rings is 4. The molecule has 0 radical (unpaired) electrons. The maximum absolute atomic E-state index is 12.6. The zero-order chi connectivity index (χ0) is 30.3. The Balaban J connectivity index is 0.000000196. The molecule has 16 heteroatoms. The lowest BCUT2D eigenvalue weighted by Crippen LogP contribution is -2.07. The fraction of sp³-hybridized carbons (Fsp3) is 0. The number of nitro benzene ring substituents is 4. The normalized spacial score (nSPS) is 10.9. The van der Waals surface area contributed by atoms with Crippen molar-refractivity contribution in [3.8, 4) is 0 Å². The van der Waals surface area contributed by atoms with E-state index in [1.165, 1.54) is 0 Å². The van der Waals surface area contributed by atoms with E-state index in [9.17, 15) is 50.0 Å². The standard InChI is InChI=1S/C13H4N4O10.C13H8O2/c18-11-7-1-5(14(19)20)3-9(16(23)24)12(7)27-13-8(11)2-6(15(21)22)4-10(13)17(25)26;14-13-9-5-1-3-7-11(9)15-12-8-4-2-6-10(12)13/h1-4H;1-8H. The van der Waals surface area contributed by atoms with E-state index in [1.807, 2.05) is 36.4 Å². The van der Waals surface area contributed by atoms with Gasteiger partial charge >= 0.3 is 11.4 Å². The second-order valence-electron chi connectivity index (χ2n) is 8.57. The zero-order valence-electron chi connectivity index (χ0n) is 20.6. The van der Waals surface area contributed by atoms with Crippen LogP contribution in [0.4, 0.5) is 22.7 Å². The van der Waals surface area contributed by atoms with Gasteiger partial charge in [0.15, 0.2) is 0 Å². The van der Waals surface area contributed by atoms with E-state index in [0.29, 0.717) is 46.2 Å². The Morgan fingerprint density at radius 3 is 1.24 bits per heavy atom. The minimum atomic E-state index is -1.12. The second kappa shape index (κ2) is 10.2. The molecule has 0 fully saturated rings. The van der Waals surface area contributed by atoms with Gasteiger partial charge in [-0.05, 0) is 24.3 Å². The molecule has 42 heavy (non-hydrogen) atoms. The van der Waals surface area contributed by atoms with Gasteiger partial charge in [0.1, 0.15) is 11.2 Å². The fourth-order valence-corrected chi connectivity index (χ4v) is 4.23. The summed E-state index contributed by atoms with van der Waals surface area (Å²) in [5.41, 5.74) is -4.74. The fourth-order valence-electron chi connectivity index (χ4n) is 4.23. The maximum atomic E-state index is 12.6. The number of nitrogens with zero attached hydrogens (tertiary/aromatic N) is 4. The van der Waals surface area contributed by atoms with Crippen molar-refractivity contribution >= 4 is 66.6 Å². The first-order valence-corrected chi connectivity index (χ1v) is 11.5. The van der Waals surface area contributed by atoms with E-state index in [2.05, 4.69) is 0 Å². The van der Waals surface area contributed by atoms with Crippen LogP contribution < -0.4 is 10.9 Å². The Bertz CT molecular complexity index is 2120. The van der Waals surface area contributed by atoms with Crippen molar-refractivity contribution in [1.29, 1.82) is 0 Å². The number of fused-ring (bicyclic) bond motifs is 4. The number of rotatable bonds is 4. The molecule has 0 N–H and O–H groups in total. The molecule has 208 valence electrons. The lowest BCUT2D eigenvalue weighted by Gasteiger charge is -2.03. The van der Waals surface area contributed by atoms with Crippen LogP contribution in [0.25, 0.3) is 43.9 Å². The second-order valence-corrected chi connectivity index (χ2v) is 8.57. The topological polar surface area (TPSA) is 233 Å². The van der Waals surface area contributed by atoms with Crippen LogP contribution >= 0.6 is 0 Å². The van der Waals surface area contributed by atoms with Crippen LogP contribution in [0.1, 0.15) is 0 Å². The van der Waals surface area contributed by atoms with E-state index < -0.39 is 69.8 Å². The minimum Gasteiger partial charge on any atom is -0.456 e. The van der Waals surface area contributed by atoms with Crippen molar-refractivity contribution in [2.45, 2.75) is 0 Å². The minimum absolute atomic E-state index is 0.0347. The van der Waals surface area contributed by atoms with Gasteiger partial charge in [-0.1, -0.05) is 24.3 Å². The monoisotopic (exact) mass is 572 g/mol. The third-order valence-corrected chi connectivity index (χ3v) is 6.10. The summed E-state index contributed by atoms with van der Waals surface area (Å²) in [4.78, 5) is 64.9. The largest absolute Gasteiger partial charge is 0.456 e. The molecule has 0 bridgehead atoms. The van der Waals surface area contributed by atoms with Crippen LogP contribution in [0.3, 0.4) is 0 Å². The average molecular weight is 572 g/mol. The molecule has 0 atom stereocenters. The molecule has 0 saturated carbocycles. The molecule has 0 saturated heterocycles. The highest BCUT2D eigenvalue weighted by atomic mass is 16.6. The summed E-state index contributed by atoms with van der Waals surface area (Å²) < 4.78 is 10.8. The van der Waals surface area contributed by atoms with Gasteiger partial charge in [0.05, 0.1) is 53.4 Å². The third-order valence-electron chi connectivity index (χ3n) is 6.10. The maximum Gasteiger partial charge on any atom is 0.319 e. The van der Waals surface area contributed by atoms with Gasteiger partial charge in [-0.3, -0.25) is 50.0 Å². The van der Waals surface area contributed by atoms with Crippen LogP contribution in [0.2, 0.25) is 0 Å². The van der Waals surface area contributed by atoms with Crippen LogP contribution in [0.5, 0.6) is 0 Å². The summed E-state index contributed by atoms with van der Waals surface area (Å²) in [7, 11) is 0. The number of para-hydroxylation sites is 2. The highest BCUT2D eigenvalue weighted by Gasteiger charge is 2.29. The van der Waals surface area contributed by atoms with E-state index in [4.69, 9.17) is 8.83 Å². The Kier molecular flexibility index (Phi) is 6.55. The molecule has 0 aliphatic carbocycles. The molecule has 2 heterocycles. The molecule has 6 aromatic rings. The summed E-state index contributed by atoms with van der Waals surface area (Å²) in [6.45, 7) is 0. The van der Waals surface area contributed by atoms with Crippen molar-refractivity contribution in [2.75, 3.05) is 0 Å². The van der Waals surface area contributed by atoms with Crippen molar-refractivity contribution < 1.29 is 28.5 Å². The highest BCUT2D eigenvalue weighted by Crippen LogP contribution is 2.36. The molecule has 16 nitrogen and oxygen atoms in total. The Morgan fingerprint density at radius 1 is 0.476 bits per heavy atom. The number of nitro groups is 4.